The van der Waals surface area contributed by atoms with E-state index < -0.39 is 10.1 Å². The molecule has 8 nitrogen and oxygen atoms in total. The van der Waals surface area contributed by atoms with Crippen molar-refractivity contribution in [1.29, 1.82) is 0 Å². The fourth-order valence-corrected chi connectivity index (χ4v) is 3.30. The molecule has 1 aliphatic heterocycles. The summed E-state index contributed by atoms with van der Waals surface area (Å²) >= 11 is 0. The highest BCUT2D eigenvalue weighted by atomic mass is 32.2. The number of rotatable bonds is 9. The van der Waals surface area contributed by atoms with Crippen molar-refractivity contribution in [3.63, 3.8) is 0 Å². The van der Waals surface area contributed by atoms with E-state index in [1.54, 1.807) is 54.5 Å². The van der Waals surface area contributed by atoms with E-state index in [2.05, 4.69) is 0 Å². The molecule has 0 radical (unpaired) electrons. The van der Waals surface area contributed by atoms with Crippen molar-refractivity contribution in [3.05, 3.63) is 53.6 Å². The molecule has 2 aromatic rings. The lowest BCUT2D eigenvalue weighted by atomic mass is 10.1. The van der Waals surface area contributed by atoms with Gasteiger partial charge in [-0.05, 0) is 42.8 Å². The SMILES string of the molecule is CCS(=O)(=O)Oc1cccc(CN(CCOC)C(=O)c2ccc3c(c2)OCO3)c1. The molecule has 1 aliphatic rings. The van der Waals surface area contributed by atoms with Crippen molar-refractivity contribution in [1.82, 2.24) is 4.90 Å². The number of methoxy groups -OCH3 is 1. The number of hydrogen-bond acceptors (Lipinski definition) is 7. The molecule has 0 aliphatic carbocycles. The maximum Gasteiger partial charge on any atom is 0.308 e. The van der Waals surface area contributed by atoms with Crippen LogP contribution in [0, 0.1) is 0 Å². The summed E-state index contributed by atoms with van der Waals surface area (Å²) in [7, 11) is -2.06. The van der Waals surface area contributed by atoms with Gasteiger partial charge in [0.2, 0.25) is 6.79 Å². The van der Waals surface area contributed by atoms with Gasteiger partial charge in [0, 0.05) is 25.8 Å². The van der Waals surface area contributed by atoms with Crippen LogP contribution < -0.4 is 13.7 Å². The Balaban J connectivity index is 1.79. The quantitative estimate of drug-likeness (QED) is 0.574. The minimum absolute atomic E-state index is 0.125. The van der Waals surface area contributed by atoms with E-state index in [9.17, 15) is 13.2 Å². The van der Waals surface area contributed by atoms with Gasteiger partial charge in [-0.25, -0.2) is 0 Å². The van der Waals surface area contributed by atoms with Gasteiger partial charge in [-0.1, -0.05) is 12.1 Å². The number of hydrogen-bond donors (Lipinski definition) is 0. The lowest BCUT2D eigenvalue weighted by molar-refractivity contribution is 0.0680. The van der Waals surface area contributed by atoms with E-state index in [-0.39, 0.29) is 30.7 Å². The molecule has 0 N–H and O–H groups in total. The van der Waals surface area contributed by atoms with Gasteiger partial charge in [0.1, 0.15) is 5.75 Å². The smallest absolute Gasteiger partial charge is 0.308 e. The Kier molecular flexibility index (Phi) is 6.60. The third-order valence-electron chi connectivity index (χ3n) is 4.32. The van der Waals surface area contributed by atoms with Crippen molar-refractivity contribution in [2.24, 2.45) is 0 Å². The number of nitrogens with zero attached hydrogens (tertiary/aromatic N) is 1. The molecule has 1 heterocycles. The standard InChI is InChI=1S/C20H23NO7S/c1-3-29(23,24)28-17-6-4-5-15(11-17)13-21(9-10-25-2)20(22)16-7-8-18-19(12-16)27-14-26-18/h4-8,11-12H,3,9-10,13-14H2,1-2H3. The summed E-state index contributed by atoms with van der Waals surface area (Å²) in [4.78, 5) is 14.7. The maximum atomic E-state index is 13.1. The first-order valence-electron chi connectivity index (χ1n) is 9.11. The first-order chi connectivity index (χ1) is 13.9. The summed E-state index contributed by atoms with van der Waals surface area (Å²) in [6.07, 6.45) is 0. The molecule has 9 heteroatoms. The Morgan fingerprint density at radius 1 is 1.14 bits per heavy atom. The molecular formula is C20H23NO7S. The Morgan fingerprint density at radius 3 is 2.69 bits per heavy atom. The summed E-state index contributed by atoms with van der Waals surface area (Å²) in [5.74, 6) is 1.02. The van der Waals surface area contributed by atoms with Crippen LogP contribution in [0.2, 0.25) is 0 Å². The van der Waals surface area contributed by atoms with Gasteiger partial charge in [0.25, 0.3) is 5.91 Å². The lowest BCUT2D eigenvalue weighted by Gasteiger charge is -2.23. The Bertz CT molecular complexity index is 975. The number of benzene rings is 2. The van der Waals surface area contributed by atoms with Crippen LogP contribution in [0.5, 0.6) is 17.2 Å². The maximum absolute atomic E-state index is 13.1. The van der Waals surface area contributed by atoms with E-state index >= 15 is 0 Å². The van der Waals surface area contributed by atoms with Crippen LogP contribution in [0.4, 0.5) is 0 Å². The zero-order valence-electron chi connectivity index (χ0n) is 16.3. The van der Waals surface area contributed by atoms with Crippen molar-refractivity contribution in [2.45, 2.75) is 13.5 Å². The predicted molar refractivity (Wildman–Crippen MR) is 106 cm³/mol. The third kappa shape index (κ3) is 5.39. The van der Waals surface area contributed by atoms with Crippen LogP contribution >= 0.6 is 0 Å². The van der Waals surface area contributed by atoms with Gasteiger partial charge in [-0.3, -0.25) is 4.79 Å². The van der Waals surface area contributed by atoms with Gasteiger partial charge in [0.15, 0.2) is 11.5 Å². The third-order valence-corrected chi connectivity index (χ3v) is 5.47. The number of ether oxygens (including phenoxy) is 3. The van der Waals surface area contributed by atoms with Crippen LogP contribution in [0.15, 0.2) is 42.5 Å². The molecule has 0 bridgehead atoms. The van der Waals surface area contributed by atoms with E-state index in [0.29, 0.717) is 30.2 Å². The first kappa shape index (κ1) is 20.9. The van der Waals surface area contributed by atoms with Crippen molar-refractivity contribution in [3.8, 4) is 17.2 Å². The Morgan fingerprint density at radius 2 is 1.93 bits per heavy atom. The van der Waals surface area contributed by atoms with Gasteiger partial charge >= 0.3 is 10.1 Å². The monoisotopic (exact) mass is 421 g/mol. The molecular weight excluding hydrogens is 398 g/mol. The molecule has 0 atom stereocenters. The summed E-state index contributed by atoms with van der Waals surface area (Å²) in [5, 5.41) is 0. The fraction of sp³-hybridized carbons (Fsp3) is 0.350. The molecule has 2 aromatic carbocycles. The minimum Gasteiger partial charge on any atom is -0.454 e. The molecule has 3 rings (SSSR count). The van der Waals surface area contributed by atoms with Gasteiger partial charge < -0.3 is 23.3 Å². The highest BCUT2D eigenvalue weighted by Gasteiger charge is 2.21. The zero-order valence-corrected chi connectivity index (χ0v) is 17.1. The molecule has 29 heavy (non-hydrogen) atoms. The second-order valence-electron chi connectivity index (χ2n) is 6.36. The van der Waals surface area contributed by atoms with Crippen LogP contribution in [0.25, 0.3) is 0 Å². The first-order valence-corrected chi connectivity index (χ1v) is 10.7. The second-order valence-corrected chi connectivity index (χ2v) is 8.22. The van der Waals surface area contributed by atoms with Crippen LogP contribution in [-0.2, 0) is 21.4 Å². The van der Waals surface area contributed by atoms with Crippen molar-refractivity contribution >= 4 is 16.0 Å². The van der Waals surface area contributed by atoms with E-state index in [1.807, 2.05) is 0 Å². The van der Waals surface area contributed by atoms with Gasteiger partial charge in [-0.15, -0.1) is 0 Å². The topological polar surface area (TPSA) is 91.4 Å². The average molecular weight is 421 g/mol. The summed E-state index contributed by atoms with van der Waals surface area (Å²) < 4.78 is 44.2. The molecule has 0 aromatic heterocycles. The van der Waals surface area contributed by atoms with Gasteiger partial charge in [-0.2, -0.15) is 8.42 Å². The van der Waals surface area contributed by atoms with Crippen LogP contribution in [0.3, 0.4) is 0 Å². The zero-order chi connectivity index (χ0) is 20.9. The minimum atomic E-state index is -3.62. The Labute approximate surface area is 170 Å². The fourth-order valence-electron chi connectivity index (χ4n) is 2.79. The molecule has 0 saturated carbocycles. The number of carbonyl (C=O) groups excluding carboxylic acids is 1. The van der Waals surface area contributed by atoms with Crippen LogP contribution in [-0.4, -0.2) is 52.0 Å². The molecule has 0 unspecified atom stereocenters. The summed E-state index contributed by atoms with van der Waals surface area (Å²) in [6, 6.07) is 11.7. The predicted octanol–water partition coefficient (Wildman–Crippen LogP) is 2.43. The Hall–Kier alpha value is -2.78. The summed E-state index contributed by atoms with van der Waals surface area (Å²) in [5.41, 5.74) is 1.20. The molecule has 156 valence electrons. The molecule has 0 fully saturated rings. The molecule has 0 saturated heterocycles. The number of carbonyl (C=O) groups is 1. The highest BCUT2D eigenvalue weighted by Crippen LogP contribution is 2.33. The lowest BCUT2D eigenvalue weighted by Crippen LogP contribution is -2.33. The summed E-state index contributed by atoms with van der Waals surface area (Å²) in [6.45, 7) is 2.63. The normalized spacial score (nSPS) is 12.6. The number of amides is 1. The van der Waals surface area contributed by atoms with E-state index in [4.69, 9.17) is 18.4 Å². The highest BCUT2D eigenvalue weighted by molar-refractivity contribution is 7.87. The average Bonchev–Trinajstić information content (AvgIpc) is 3.18. The van der Waals surface area contributed by atoms with Crippen LogP contribution in [0.1, 0.15) is 22.8 Å². The van der Waals surface area contributed by atoms with Gasteiger partial charge in [0.05, 0.1) is 12.4 Å². The second kappa shape index (κ2) is 9.15. The van der Waals surface area contributed by atoms with E-state index in [1.165, 1.54) is 6.92 Å². The molecule has 1 amide bonds. The molecule has 0 spiro atoms. The van der Waals surface area contributed by atoms with Crippen molar-refractivity contribution in [2.75, 3.05) is 32.8 Å². The van der Waals surface area contributed by atoms with E-state index in [0.717, 1.165) is 5.56 Å². The number of fused-ring (bicyclic) bond motifs is 1. The largest absolute Gasteiger partial charge is 0.454 e. The van der Waals surface area contributed by atoms with Crippen molar-refractivity contribution < 1.29 is 31.6 Å².